The van der Waals surface area contributed by atoms with Gasteiger partial charge in [0.05, 0.1) is 25.0 Å². The second-order valence-corrected chi connectivity index (χ2v) is 5.81. The molecular weight excluding hydrogens is 352 g/mol. The summed E-state index contributed by atoms with van der Waals surface area (Å²) in [5, 5.41) is 16.1. The highest BCUT2D eigenvalue weighted by Gasteiger charge is 2.38. The predicted octanol–water partition coefficient (Wildman–Crippen LogP) is 0.550. The molecule has 0 aliphatic carbocycles. The summed E-state index contributed by atoms with van der Waals surface area (Å²) in [6, 6.07) is 1.48. The van der Waals surface area contributed by atoms with Crippen molar-refractivity contribution in [3.8, 4) is 11.5 Å². The van der Waals surface area contributed by atoms with Crippen LogP contribution in [0.3, 0.4) is 0 Å². The first-order valence-corrected chi connectivity index (χ1v) is 7.59. The third kappa shape index (κ3) is 4.03. The smallest absolute Gasteiger partial charge is 0.319 e. The number of carboxylic acid groups (broad SMARTS) is 1. The zero-order valence-corrected chi connectivity index (χ0v) is 14.3. The molecule has 9 heteroatoms. The lowest BCUT2D eigenvalue weighted by Gasteiger charge is -2.34. The van der Waals surface area contributed by atoms with Crippen LogP contribution < -0.4 is 25.2 Å². The van der Waals surface area contributed by atoms with Crippen molar-refractivity contribution in [1.29, 1.82) is 0 Å². The first kappa shape index (κ1) is 18.6. The maximum atomic E-state index is 12.1. The summed E-state index contributed by atoms with van der Waals surface area (Å²) in [7, 11) is 1.35. The Kier molecular flexibility index (Phi) is 5.53. The molecule has 1 fully saturated rings. The number of methoxy groups -OCH3 is 1. The lowest BCUT2D eigenvalue weighted by atomic mass is 9.85. The van der Waals surface area contributed by atoms with Crippen LogP contribution in [0.25, 0.3) is 0 Å². The standard InChI is InChI=1S/C16H17ClN2O6/c1-7-13(8(2)20)14(19-16(23)18-7)10-4-9(17)5-11(24-3)15(10)25-6-12(21)22/h4-5,13-14H,1,6H2,2-3H3,(H,21,22)(H2,18,19,23)/p-1/t13-,14+/m0/s1. The average molecular weight is 368 g/mol. The van der Waals surface area contributed by atoms with Gasteiger partial charge in [0.1, 0.15) is 12.4 Å². The number of hydrogen-bond acceptors (Lipinski definition) is 6. The first-order valence-electron chi connectivity index (χ1n) is 7.21. The van der Waals surface area contributed by atoms with Crippen molar-refractivity contribution >= 4 is 29.4 Å². The molecule has 134 valence electrons. The number of carbonyl (C=O) groups excluding carboxylic acids is 3. The molecule has 0 bridgehead atoms. The quantitative estimate of drug-likeness (QED) is 0.758. The maximum absolute atomic E-state index is 12.1. The van der Waals surface area contributed by atoms with Gasteiger partial charge in [0.25, 0.3) is 0 Å². The minimum absolute atomic E-state index is 0.0438. The van der Waals surface area contributed by atoms with Gasteiger partial charge in [0, 0.05) is 22.3 Å². The van der Waals surface area contributed by atoms with Crippen LogP contribution in [0.4, 0.5) is 4.79 Å². The number of rotatable bonds is 6. The number of carbonyl (C=O) groups is 3. The zero-order chi connectivity index (χ0) is 18.7. The molecule has 1 aromatic carbocycles. The van der Waals surface area contributed by atoms with Crippen LogP contribution in [0.5, 0.6) is 11.5 Å². The van der Waals surface area contributed by atoms with Crippen molar-refractivity contribution in [3.63, 3.8) is 0 Å². The summed E-state index contributed by atoms with van der Waals surface area (Å²) >= 11 is 6.08. The van der Waals surface area contributed by atoms with E-state index in [1.165, 1.54) is 26.2 Å². The highest BCUT2D eigenvalue weighted by Crippen LogP contribution is 2.42. The fourth-order valence-corrected chi connectivity index (χ4v) is 2.90. The second kappa shape index (κ2) is 7.43. The van der Waals surface area contributed by atoms with Crippen molar-refractivity contribution in [1.82, 2.24) is 10.6 Å². The summed E-state index contributed by atoms with van der Waals surface area (Å²) in [6.07, 6.45) is 0. The molecule has 1 aliphatic rings. The number of urea groups is 1. The lowest BCUT2D eigenvalue weighted by molar-refractivity contribution is -0.307. The van der Waals surface area contributed by atoms with E-state index in [0.29, 0.717) is 5.56 Å². The number of ketones is 1. The molecule has 1 aliphatic heterocycles. The van der Waals surface area contributed by atoms with Crippen molar-refractivity contribution in [3.05, 3.63) is 35.0 Å². The molecule has 0 aromatic heterocycles. The number of Topliss-reactive ketones (excluding diaryl/α,β-unsaturated/α-hetero) is 1. The summed E-state index contributed by atoms with van der Waals surface area (Å²) in [5.74, 6) is -2.30. The summed E-state index contributed by atoms with van der Waals surface area (Å²) in [4.78, 5) is 34.6. The van der Waals surface area contributed by atoms with E-state index < -0.39 is 30.6 Å². The molecule has 0 unspecified atom stereocenters. The van der Waals surface area contributed by atoms with E-state index in [1.807, 2.05) is 0 Å². The lowest BCUT2D eigenvalue weighted by Crippen LogP contribution is -2.50. The molecule has 0 saturated carbocycles. The van der Waals surface area contributed by atoms with Crippen LogP contribution in [-0.4, -0.2) is 31.5 Å². The number of nitrogens with one attached hydrogen (secondary N) is 2. The monoisotopic (exact) mass is 367 g/mol. The Hall–Kier alpha value is -2.74. The van der Waals surface area contributed by atoms with E-state index in [9.17, 15) is 19.5 Å². The van der Waals surface area contributed by atoms with Gasteiger partial charge in [-0.25, -0.2) is 4.79 Å². The number of hydrogen-bond donors (Lipinski definition) is 2. The molecule has 25 heavy (non-hydrogen) atoms. The third-order valence-electron chi connectivity index (χ3n) is 3.65. The minimum atomic E-state index is -1.44. The predicted molar refractivity (Wildman–Crippen MR) is 86.2 cm³/mol. The SMILES string of the molecule is C=C1NC(=O)N[C@H](c2cc(Cl)cc(OC)c2OCC(=O)[O-])[C@@H]1C(C)=O. The number of halogens is 1. The minimum Gasteiger partial charge on any atom is -0.546 e. The van der Waals surface area contributed by atoms with Gasteiger partial charge in [-0.15, -0.1) is 0 Å². The van der Waals surface area contributed by atoms with E-state index in [1.54, 1.807) is 0 Å². The fraction of sp³-hybridized carbons (Fsp3) is 0.312. The largest absolute Gasteiger partial charge is 0.546 e. The third-order valence-corrected chi connectivity index (χ3v) is 3.86. The van der Waals surface area contributed by atoms with Crippen molar-refractivity contribution in [2.75, 3.05) is 13.7 Å². The van der Waals surface area contributed by atoms with Gasteiger partial charge >= 0.3 is 6.03 Å². The fourth-order valence-electron chi connectivity index (χ4n) is 2.68. The van der Waals surface area contributed by atoms with Gasteiger partial charge in [-0.1, -0.05) is 18.2 Å². The van der Waals surface area contributed by atoms with E-state index in [4.69, 9.17) is 21.1 Å². The topological polar surface area (TPSA) is 117 Å². The Bertz CT molecular complexity index is 748. The molecule has 1 saturated heterocycles. The van der Waals surface area contributed by atoms with Crippen LogP contribution in [0.2, 0.25) is 5.02 Å². The van der Waals surface area contributed by atoms with Gasteiger partial charge in [-0.2, -0.15) is 0 Å². The Labute approximate surface area is 148 Å². The van der Waals surface area contributed by atoms with E-state index >= 15 is 0 Å². The van der Waals surface area contributed by atoms with Gasteiger partial charge in [0.2, 0.25) is 0 Å². The number of ether oxygens (including phenoxy) is 2. The highest BCUT2D eigenvalue weighted by atomic mass is 35.5. The Morgan fingerprint density at radius 1 is 1.40 bits per heavy atom. The summed E-state index contributed by atoms with van der Waals surface area (Å²) in [6.45, 7) is 4.32. The maximum Gasteiger partial charge on any atom is 0.319 e. The highest BCUT2D eigenvalue weighted by molar-refractivity contribution is 6.30. The van der Waals surface area contributed by atoms with Crippen LogP contribution >= 0.6 is 11.6 Å². The van der Waals surface area contributed by atoms with E-state index in [-0.39, 0.29) is 28.0 Å². The molecule has 2 amide bonds. The molecule has 2 N–H and O–H groups in total. The molecule has 1 heterocycles. The number of amides is 2. The van der Waals surface area contributed by atoms with Gasteiger partial charge in [0.15, 0.2) is 11.5 Å². The molecule has 8 nitrogen and oxygen atoms in total. The molecule has 2 atom stereocenters. The van der Waals surface area contributed by atoms with E-state index in [0.717, 1.165) is 0 Å². The first-order chi connectivity index (χ1) is 11.7. The molecule has 0 spiro atoms. The molecule has 2 rings (SSSR count). The summed E-state index contributed by atoms with van der Waals surface area (Å²) in [5.41, 5.74) is 0.507. The second-order valence-electron chi connectivity index (χ2n) is 5.38. The van der Waals surface area contributed by atoms with E-state index in [2.05, 4.69) is 17.2 Å². The molecule has 0 radical (unpaired) electrons. The van der Waals surface area contributed by atoms with Gasteiger partial charge < -0.3 is 30.0 Å². The Morgan fingerprint density at radius 2 is 2.08 bits per heavy atom. The normalized spacial score (nSPS) is 19.6. The van der Waals surface area contributed by atoms with Crippen molar-refractivity contribution in [2.24, 2.45) is 5.92 Å². The van der Waals surface area contributed by atoms with Crippen LogP contribution in [-0.2, 0) is 9.59 Å². The number of benzene rings is 1. The average Bonchev–Trinajstić information content (AvgIpc) is 2.51. The number of aliphatic carboxylic acids is 1. The van der Waals surface area contributed by atoms with Gasteiger partial charge in [-0.05, 0) is 13.0 Å². The molecular formula is C16H16ClN2O6-. The van der Waals surface area contributed by atoms with Gasteiger partial charge in [-0.3, -0.25) is 4.79 Å². The van der Waals surface area contributed by atoms with Crippen LogP contribution in [0.15, 0.2) is 24.4 Å². The van der Waals surface area contributed by atoms with Crippen molar-refractivity contribution < 1.29 is 29.0 Å². The van der Waals surface area contributed by atoms with Crippen LogP contribution in [0, 0.1) is 5.92 Å². The van der Waals surface area contributed by atoms with Crippen LogP contribution in [0.1, 0.15) is 18.5 Å². The van der Waals surface area contributed by atoms with Crippen molar-refractivity contribution in [2.45, 2.75) is 13.0 Å². The molecule has 1 aromatic rings. The number of carboxylic acids is 1. The zero-order valence-electron chi connectivity index (χ0n) is 13.6. The summed E-state index contributed by atoms with van der Waals surface area (Å²) < 4.78 is 10.4. The Balaban J connectivity index is 2.59. The Morgan fingerprint density at radius 3 is 2.64 bits per heavy atom.